The van der Waals surface area contributed by atoms with E-state index in [0.717, 1.165) is 11.3 Å². The van der Waals surface area contributed by atoms with Crippen molar-refractivity contribution < 1.29 is 4.79 Å². The first-order chi connectivity index (χ1) is 9.27. The molecule has 1 heterocycles. The van der Waals surface area contributed by atoms with Gasteiger partial charge in [0.1, 0.15) is 0 Å². The zero-order valence-electron chi connectivity index (χ0n) is 10.9. The van der Waals surface area contributed by atoms with E-state index in [9.17, 15) is 4.79 Å². The number of anilines is 1. The Morgan fingerprint density at radius 3 is 2.53 bits per heavy atom. The lowest BCUT2D eigenvalue weighted by molar-refractivity contribution is -0.117. The van der Waals surface area contributed by atoms with E-state index in [1.165, 1.54) is 0 Å². The van der Waals surface area contributed by atoms with Crippen LogP contribution in [0, 0.1) is 0 Å². The molecular formula is C15H17N3O. The van der Waals surface area contributed by atoms with Crippen molar-refractivity contribution in [1.29, 1.82) is 0 Å². The topological polar surface area (TPSA) is 45.2 Å². The number of rotatable bonds is 5. The Balaban J connectivity index is 1.82. The van der Waals surface area contributed by atoms with Crippen molar-refractivity contribution in [2.24, 2.45) is 0 Å². The lowest BCUT2D eigenvalue weighted by atomic mass is 10.2. The number of likely N-dealkylation sites (N-methyl/N-ethyl adjacent to an activating group) is 1. The predicted molar refractivity (Wildman–Crippen MR) is 75.8 cm³/mol. The average Bonchev–Trinajstić information content (AvgIpc) is 2.48. The predicted octanol–water partition coefficient (Wildman–Crippen LogP) is 1.83. The second-order valence-corrected chi connectivity index (χ2v) is 4.25. The fourth-order valence-electron chi connectivity index (χ4n) is 1.73. The first-order valence-electron chi connectivity index (χ1n) is 6.18. The summed E-state index contributed by atoms with van der Waals surface area (Å²) >= 11 is 0. The third-order valence-corrected chi connectivity index (χ3v) is 2.87. The highest BCUT2D eigenvalue weighted by Gasteiger charge is 2.09. The van der Waals surface area contributed by atoms with Crippen LogP contribution in [0.15, 0.2) is 54.9 Å². The summed E-state index contributed by atoms with van der Waals surface area (Å²) in [6, 6.07) is 13.5. The van der Waals surface area contributed by atoms with Gasteiger partial charge in [-0.15, -0.1) is 0 Å². The Morgan fingerprint density at radius 2 is 1.84 bits per heavy atom. The molecule has 0 aliphatic heterocycles. The van der Waals surface area contributed by atoms with Gasteiger partial charge in [0.15, 0.2) is 0 Å². The van der Waals surface area contributed by atoms with E-state index in [0.29, 0.717) is 13.1 Å². The van der Waals surface area contributed by atoms with Gasteiger partial charge in [-0.05, 0) is 29.8 Å². The monoisotopic (exact) mass is 255 g/mol. The standard InChI is InChI=1S/C15H17N3O/c1-18(14-5-3-2-4-6-14)15(19)12-17-11-13-7-9-16-10-8-13/h2-10,17H,11-12H2,1H3. The van der Waals surface area contributed by atoms with E-state index < -0.39 is 0 Å². The molecule has 4 nitrogen and oxygen atoms in total. The van der Waals surface area contributed by atoms with Crippen LogP contribution in [0.1, 0.15) is 5.56 Å². The molecule has 98 valence electrons. The van der Waals surface area contributed by atoms with Crippen molar-refractivity contribution in [2.75, 3.05) is 18.5 Å². The average molecular weight is 255 g/mol. The van der Waals surface area contributed by atoms with Crippen LogP contribution in [-0.4, -0.2) is 24.5 Å². The first-order valence-corrected chi connectivity index (χ1v) is 6.18. The summed E-state index contributed by atoms with van der Waals surface area (Å²) in [4.78, 5) is 17.6. The van der Waals surface area contributed by atoms with Crippen LogP contribution in [0.3, 0.4) is 0 Å². The van der Waals surface area contributed by atoms with Gasteiger partial charge in [0.25, 0.3) is 0 Å². The maximum Gasteiger partial charge on any atom is 0.240 e. The number of para-hydroxylation sites is 1. The molecular weight excluding hydrogens is 238 g/mol. The van der Waals surface area contributed by atoms with E-state index >= 15 is 0 Å². The minimum Gasteiger partial charge on any atom is -0.314 e. The van der Waals surface area contributed by atoms with Crippen LogP contribution in [0.25, 0.3) is 0 Å². The van der Waals surface area contributed by atoms with Crippen LogP contribution in [0.4, 0.5) is 5.69 Å². The Labute approximate surface area is 113 Å². The van der Waals surface area contributed by atoms with Crippen LogP contribution in [0.2, 0.25) is 0 Å². The second-order valence-electron chi connectivity index (χ2n) is 4.25. The van der Waals surface area contributed by atoms with Crippen LogP contribution in [-0.2, 0) is 11.3 Å². The Bertz CT molecular complexity index is 513. The highest BCUT2D eigenvalue weighted by Crippen LogP contribution is 2.10. The van der Waals surface area contributed by atoms with E-state index in [2.05, 4.69) is 10.3 Å². The molecule has 0 spiro atoms. The molecule has 0 aliphatic carbocycles. The van der Waals surface area contributed by atoms with Gasteiger partial charge in [-0.1, -0.05) is 18.2 Å². The lowest BCUT2D eigenvalue weighted by Gasteiger charge is -2.17. The maximum atomic E-state index is 12.0. The number of hydrogen-bond donors (Lipinski definition) is 1. The molecule has 2 aromatic rings. The lowest BCUT2D eigenvalue weighted by Crippen LogP contribution is -2.35. The summed E-state index contributed by atoms with van der Waals surface area (Å²) in [6.07, 6.45) is 3.49. The number of hydrogen-bond acceptors (Lipinski definition) is 3. The summed E-state index contributed by atoms with van der Waals surface area (Å²) in [5.74, 6) is 0.0419. The van der Waals surface area contributed by atoms with Gasteiger partial charge in [0.05, 0.1) is 6.54 Å². The smallest absolute Gasteiger partial charge is 0.240 e. The minimum absolute atomic E-state index is 0.0419. The molecule has 0 saturated carbocycles. The van der Waals surface area contributed by atoms with Gasteiger partial charge in [0, 0.05) is 31.7 Å². The summed E-state index contributed by atoms with van der Waals surface area (Å²) in [5.41, 5.74) is 2.02. The van der Waals surface area contributed by atoms with Crippen molar-refractivity contribution in [2.45, 2.75) is 6.54 Å². The largest absolute Gasteiger partial charge is 0.314 e. The fourth-order valence-corrected chi connectivity index (χ4v) is 1.73. The number of benzene rings is 1. The molecule has 4 heteroatoms. The van der Waals surface area contributed by atoms with Crippen molar-refractivity contribution in [3.05, 3.63) is 60.4 Å². The maximum absolute atomic E-state index is 12.0. The summed E-state index contributed by atoms with van der Waals surface area (Å²) in [5, 5.41) is 3.13. The van der Waals surface area contributed by atoms with Gasteiger partial charge >= 0.3 is 0 Å². The van der Waals surface area contributed by atoms with Gasteiger partial charge in [-0.2, -0.15) is 0 Å². The van der Waals surface area contributed by atoms with Gasteiger partial charge in [0.2, 0.25) is 5.91 Å². The van der Waals surface area contributed by atoms with Crippen LogP contribution >= 0.6 is 0 Å². The number of carbonyl (C=O) groups excluding carboxylic acids is 1. The number of pyridine rings is 1. The summed E-state index contributed by atoms with van der Waals surface area (Å²) in [6.45, 7) is 0.977. The third-order valence-electron chi connectivity index (χ3n) is 2.87. The Kier molecular flexibility index (Phi) is 4.64. The quantitative estimate of drug-likeness (QED) is 0.886. The minimum atomic E-state index is 0.0419. The molecule has 0 bridgehead atoms. The second kappa shape index (κ2) is 6.66. The van der Waals surface area contributed by atoms with E-state index in [1.807, 2.05) is 42.5 Å². The van der Waals surface area contributed by atoms with Gasteiger partial charge < -0.3 is 10.2 Å². The van der Waals surface area contributed by atoms with Crippen LogP contribution in [0.5, 0.6) is 0 Å². The number of nitrogens with zero attached hydrogens (tertiary/aromatic N) is 2. The van der Waals surface area contributed by atoms with Gasteiger partial charge in [-0.25, -0.2) is 0 Å². The van der Waals surface area contributed by atoms with E-state index in [4.69, 9.17) is 0 Å². The number of aromatic nitrogens is 1. The molecule has 19 heavy (non-hydrogen) atoms. The molecule has 2 rings (SSSR count). The van der Waals surface area contributed by atoms with Crippen molar-refractivity contribution in [3.63, 3.8) is 0 Å². The number of nitrogens with one attached hydrogen (secondary N) is 1. The molecule has 1 N–H and O–H groups in total. The molecule has 0 aliphatic rings. The summed E-state index contributed by atoms with van der Waals surface area (Å²) < 4.78 is 0. The van der Waals surface area contributed by atoms with Crippen LogP contribution < -0.4 is 10.2 Å². The summed E-state index contributed by atoms with van der Waals surface area (Å²) in [7, 11) is 1.78. The van der Waals surface area contributed by atoms with Crippen molar-refractivity contribution in [3.8, 4) is 0 Å². The molecule has 0 radical (unpaired) electrons. The third kappa shape index (κ3) is 3.89. The number of amides is 1. The number of carbonyl (C=O) groups is 1. The zero-order valence-corrected chi connectivity index (χ0v) is 10.9. The van der Waals surface area contributed by atoms with Crippen molar-refractivity contribution in [1.82, 2.24) is 10.3 Å². The molecule has 0 fully saturated rings. The molecule has 0 atom stereocenters. The Morgan fingerprint density at radius 1 is 1.16 bits per heavy atom. The highest BCUT2D eigenvalue weighted by molar-refractivity contribution is 5.94. The van der Waals surface area contributed by atoms with Crippen molar-refractivity contribution >= 4 is 11.6 Å². The molecule has 1 aromatic carbocycles. The SMILES string of the molecule is CN(C(=O)CNCc1ccncc1)c1ccccc1. The molecule has 0 unspecified atom stereocenters. The first kappa shape index (κ1) is 13.2. The molecule has 1 amide bonds. The Hall–Kier alpha value is -2.20. The zero-order chi connectivity index (χ0) is 13.5. The van der Waals surface area contributed by atoms with E-state index in [-0.39, 0.29) is 5.91 Å². The van der Waals surface area contributed by atoms with E-state index in [1.54, 1.807) is 24.3 Å². The molecule has 1 aromatic heterocycles. The molecule has 0 saturated heterocycles. The normalized spacial score (nSPS) is 10.2. The highest BCUT2D eigenvalue weighted by atomic mass is 16.2. The fraction of sp³-hybridized carbons (Fsp3) is 0.200. The van der Waals surface area contributed by atoms with Gasteiger partial charge in [-0.3, -0.25) is 9.78 Å².